The van der Waals surface area contributed by atoms with E-state index in [1.807, 2.05) is 0 Å². The third kappa shape index (κ3) is 1.93. The first-order valence-corrected chi connectivity index (χ1v) is 5.87. The van der Waals surface area contributed by atoms with E-state index in [2.05, 4.69) is 13.8 Å². The molecule has 1 aliphatic heterocycles. The van der Waals surface area contributed by atoms with Gasteiger partial charge in [0.2, 0.25) is 5.91 Å². The highest BCUT2D eigenvalue weighted by molar-refractivity contribution is 5.93. The van der Waals surface area contributed by atoms with Crippen molar-refractivity contribution in [3.63, 3.8) is 0 Å². The predicted octanol–water partition coefficient (Wildman–Crippen LogP) is 2.48. The van der Waals surface area contributed by atoms with Gasteiger partial charge < -0.3 is 5.11 Å². The van der Waals surface area contributed by atoms with Gasteiger partial charge in [-0.25, -0.2) is 9.69 Å². The van der Waals surface area contributed by atoms with Gasteiger partial charge in [0.25, 0.3) is 0 Å². The molecule has 2 aliphatic rings. The Morgan fingerprint density at radius 2 is 1.81 bits per heavy atom. The van der Waals surface area contributed by atoms with Gasteiger partial charge in [0.1, 0.15) is 0 Å². The van der Waals surface area contributed by atoms with Crippen molar-refractivity contribution in [3.05, 3.63) is 0 Å². The molecule has 1 spiro atoms. The number of imide groups is 1. The summed E-state index contributed by atoms with van der Waals surface area (Å²) in [6.45, 7) is 4.90. The standard InChI is InChI=1S/C12H19NO3/c1-11(2)3-5-12(6-4-11)7-9(14)13(8-12)10(15)16/h3-8H2,1-2H3,(H,15,16). The molecule has 0 bridgehead atoms. The summed E-state index contributed by atoms with van der Waals surface area (Å²) >= 11 is 0. The lowest BCUT2D eigenvalue weighted by atomic mass is 9.65. The van der Waals surface area contributed by atoms with Gasteiger partial charge in [-0.1, -0.05) is 13.8 Å². The highest BCUT2D eigenvalue weighted by Gasteiger charge is 2.48. The molecule has 1 aliphatic carbocycles. The first kappa shape index (κ1) is 11.4. The number of amides is 2. The molecule has 1 N–H and O–H groups in total. The minimum atomic E-state index is -1.09. The third-order valence-corrected chi connectivity index (χ3v) is 4.22. The van der Waals surface area contributed by atoms with Gasteiger partial charge in [-0.3, -0.25) is 4.79 Å². The van der Waals surface area contributed by atoms with Crippen LogP contribution < -0.4 is 0 Å². The highest BCUT2D eigenvalue weighted by Crippen LogP contribution is 2.49. The quantitative estimate of drug-likeness (QED) is 0.689. The van der Waals surface area contributed by atoms with Crippen LogP contribution in [0.15, 0.2) is 0 Å². The molecule has 16 heavy (non-hydrogen) atoms. The second kappa shape index (κ2) is 3.47. The smallest absolute Gasteiger partial charge is 0.414 e. The second-order valence-electron chi connectivity index (χ2n) is 6.10. The summed E-state index contributed by atoms with van der Waals surface area (Å²) in [5.74, 6) is -0.216. The summed E-state index contributed by atoms with van der Waals surface area (Å²) in [6, 6.07) is 0. The molecule has 1 saturated heterocycles. The first-order valence-electron chi connectivity index (χ1n) is 5.87. The van der Waals surface area contributed by atoms with E-state index in [4.69, 9.17) is 5.11 Å². The normalized spacial score (nSPS) is 27.4. The van der Waals surface area contributed by atoms with Crippen molar-refractivity contribution < 1.29 is 14.7 Å². The van der Waals surface area contributed by atoms with E-state index in [0.29, 0.717) is 18.4 Å². The maximum atomic E-state index is 11.6. The van der Waals surface area contributed by atoms with Crippen LogP contribution in [-0.2, 0) is 4.79 Å². The molecule has 0 aromatic carbocycles. The minimum Gasteiger partial charge on any atom is -0.465 e. The molecule has 1 saturated carbocycles. The van der Waals surface area contributed by atoms with Gasteiger partial charge in [0, 0.05) is 13.0 Å². The fourth-order valence-electron chi connectivity index (χ4n) is 2.86. The van der Waals surface area contributed by atoms with E-state index in [1.165, 1.54) is 0 Å². The highest BCUT2D eigenvalue weighted by atomic mass is 16.4. The number of likely N-dealkylation sites (tertiary alicyclic amines) is 1. The first-order chi connectivity index (χ1) is 7.34. The molecule has 2 amide bonds. The molecule has 2 rings (SSSR count). The Balaban J connectivity index is 2.08. The van der Waals surface area contributed by atoms with Crippen LogP contribution in [0.2, 0.25) is 0 Å². The van der Waals surface area contributed by atoms with E-state index in [0.717, 1.165) is 30.6 Å². The van der Waals surface area contributed by atoms with Crippen LogP contribution in [-0.4, -0.2) is 28.6 Å². The number of hydrogen-bond acceptors (Lipinski definition) is 2. The largest absolute Gasteiger partial charge is 0.465 e. The average molecular weight is 225 g/mol. The van der Waals surface area contributed by atoms with Crippen molar-refractivity contribution in [2.24, 2.45) is 10.8 Å². The molecule has 0 unspecified atom stereocenters. The number of carbonyl (C=O) groups is 2. The average Bonchev–Trinajstić information content (AvgIpc) is 2.50. The SMILES string of the molecule is CC1(C)CCC2(CC1)CC(=O)N(C(=O)O)C2. The molecule has 1 heterocycles. The van der Waals surface area contributed by atoms with E-state index < -0.39 is 6.09 Å². The molecule has 0 aromatic rings. The topological polar surface area (TPSA) is 57.6 Å². The van der Waals surface area contributed by atoms with Crippen molar-refractivity contribution in [1.29, 1.82) is 0 Å². The lowest BCUT2D eigenvalue weighted by molar-refractivity contribution is -0.126. The maximum absolute atomic E-state index is 11.6. The summed E-state index contributed by atoms with van der Waals surface area (Å²) in [6.07, 6.45) is 3.48. The van der Waals surface area contributed by atoms with Crippen LogP contribution >= 0.6 is 0 Å². The van der Waals surface area contributed by atoms with Gasteiger partial charge in [-0.05, 0) is 36.5 Å². The molecule has 0 aromatic heterocycles. The zero-order valence-corrected chi connectivity index (χ0v) is 9.95. The Hall–Kier alpha value is -1.06. The molecule has 2 fully saturated rings. The molecular weight excluding hydrogens is 206 g/mol. The molecular formula is C12H19NO3. The fraction of sp³-hybridized carbons (Fsp3) is 0.833. The van der Waals surface area contributed by atoms with Gasteiger partial charge in [-0.2, -0.15) is 0 Å². The maximum Gasteiger partial charge on any atom is 0.414 e. The molecule has 0 radical (unpaired) electrons. The van der Waals surface area contributed by atoms with Gasteiger partial charge in [0.05, 0.1) is 0 Å². The van der Waals surface area contributed by atoms with Gasteiger partial charge in [-0.15, -0.1) is 0 Å². The number of nitrogens with zero attached hydrogens (tertiary/aromatic N) is 1. The van der Waals surface area contributed by atoms with Crippen molar-refractivity contribution in [2.45, 2.75) is 46.0 Å². The molecule has 0 atom stereocenters. The summed E-state index contributed by atoms with van der Waals surface area (Å²) in [5.41, 5.74) is 0.302. The van der Waals surface area contributed by atoms with E-state index >= 15 is 0 Å². The van der Waals surface area contributed by atoms with E-state index in [1.54, 1.807) is 0 Å². The lowest BCUT2D eigenvalue weighted by Gasteiger charge is -2.40. The summed E-state index contributed by atoms with van der Waals surface area (Å²) < 4.78 is 0. The lowest BCUT2D eigenvalue weighted by Crippen LogP contribution is -2.36. The van der Waals surface area contributed by atoms with Crippen molar-refractivity contribution in [3.8, 4) is 0 Å². The summed E-state index contributed by atoms with van der Waals surface area (Å²) in [4.78, 5) is 23.5. The summed E-state index contributed by atoms with van der Waals surface area (Å²) in [5, 5.41) is 8.91. The van der Waals surface area contributed by atoms with Crippen LogP contribution in [0, 0.1) is 10.8 Å². The van der Waals surface area contributed by atoms with Crippen LogP contribution in [0.25, 0.3) is 0 Å². The van der Waals surface area contributed by atoms with Crippen LogP contribution in [0.5, 0.6) is 0 Å². The Labute approximate surface area is 95.6 Å². The van der Waals surface area contributed by atoms with Gasteiger partial charge >= 0.3 is 6.09 Å². The predicted molar refractivity (Wildman–Crippen MR) is 59.0 cm³/mol. The van der Waals surface area contributed by atoms with Crippen molar-refractivity contribution in [1.82, 2.24) is 4.90 Å². The monoisotopic (exact) mass is 225 g/mol. The second-order valence-corrected chi connectivity index (χ2v) is 6.10. The number of rotatable bonds is 0. The number of carbonyl (C=O) groups excluding carboxylic acids is 1. The Morgan fingerprint density at radius 3 is 2.25 bits per heavy atom. The van der Waals surface area contributed by atoms with E-state index in [-0.39, 0.29) is 11.3 Å². The van der Waals surface area contributed by atoms with E-state index in [9.17, 15) is 9.59 Å². The number of hydrogen-bond donors (Lipinski definition) is 1. The molecule has 4 heteroatoms. The number of carboxylic acid groups (broad SMARTS) is 1. The Morgan fingerprint density at radius 1 is 1.25 bits per heavy atom. The molecule has 90 valence electrons. The van der Waals surface area contributed by atoms with Crippen LogP contribution in [0.4, 0.5) is 4.79 Å². The molecule has 4 nitrogen and oxygen atoms in total. The van der Waals surface area contributed by atoms with Crippen molar-refractivity contribution in [2.75, 3.05) is 6.54 Å². The minimum absolute atomic E-state index is 0.0506. The third-order valence-electron chi connectivity index (χ3n) is 4.22. The fourth-order valence-corrected chi connectivity index (χ4v) is 2.86. The van der Waals surface area contributed by atoms with Crippen LogP contribution in [0.1, 0.15) is 46.0 Å². The van der Waals surface area contributed by atoms with Gasteiger partial charge in [0.15, 0.2) is 0 Å². The Bertz CT molecular complexity index is 325. The zero-order chi connectivity index (χ0) is 12.0. The Kier molecular flexibility index (Phi) is 2.48. The van der Waals surface area contributed by atoms with Crippen LogP contribution in [0.3, 0.4) is 0 Å². The summed E-state index contributed by atoms with van der Waals surface area (Å²) in [7, 11) is 0. The van der Waals surface area contributed by atoms with Crippen molar-refractivity contribution >= 4 is 12.0 Å². The zero-order valence-electron chi connectivity index (χ0n) is 9.95.